The first kappa shape index (κ1) is 9.40. The molecular formula is C12H11N3. The molecule has 1 heterocycles. The molecule has 0 saturated carbocycles. The van der Waals surface area contributed by atoms with Crippen LogP contribution in [0.1, 0.15) is 11.4 Å². The molecule has 0 amide bonds. The molecule has 15 heavy (non-hydrogen) atoms. The lowest BCUT2D eigenvalue weighted by atomic mass is 10.2. The van der Waals surface area contributed by atoms with Crippen LogP contribution in [0.15, 0.2) is 42.7 Å². The topological polar surface area (TPSA) is 51.8 Å². The van der Waals surface area contributed by atoms with E-state index in [1.165, 1.54) is 0 Å². The third-order valence-electron chi connectivity index (χ3n) is 1.95. The summed E-state index contributed by atoms with van der Waals surface area (Å²) in [6.45, 7) is 0. The molecule has 0 bridgehead atoms. The Labute approximate surface area is 88.3 Å². The highest BCUT2D eigenvalue weighted by Crippen LogP contribution is 2.08. The lowest BCUT2D eigenvalue weighted by Crippen LogP contribution is -1.84. The van der Waals surface area contributed by atoms with Gasteiger partial charge in [0, 0.05) is 18.1 Å². The zero-order valence-corrected chi connectivity index (χ0v) is 8.17. The monoisotopic (exact) mass is 197 g/mol. The fourth-order valence-electron chi connectivity index (χ4n) is 1.17. The zero-order valence-electron chi connectivity index (χ0n) is 8.17. The van der Waals surface area contributed by atoms with Crippen LogP contribution in [-0.4, -0.2) is 9.97 Å². The average molecular weight is 197 g/mol. The van der Waals surface area contributed by atoms with E-state index in [0.29, 0.717) is 5.82 Å². The molecule has 74 valence electrons. The molecule has 0 fully saturated rings. The van der Waals surface area contributed by atoms with Gasteiger partial charge in [0.1, 0.15) is 0 Å². The fraction of sp³-hybridized carbons (Fsp3) is 0. The van der Waals surface area contributed by atoms with Gasteiger partial charge in [-0.05, 0) is 29.8 Å². The highest BCUT2D eigenvalue weighted by atomic mass is 14.8. The van der Waals surface area contributed by atoms with Crippen molar-refractivity contribution in [1.82, 2.24) is 9.97 Å². The fourth-order valence-corrected chi connectivity index (χ4v) is 1.17. The predicted molar refractivity (Wildman–Crippen MR) is 61.8 cm³/mol. The van der Waals surface area contributed by atoms with E-state index in [0.717, 1.165) is 11.3 Å². The van der Waals surface area contributed by atoms with Gasteiger partial charge in [0.15, 0.2) is 5.82 Å². The summed E-state index contributed by atoms with van der Waals surface area (Å²) in [4.78, 5) is 8.18. The van der Waals surface area contributed by atoms with Gasteiger partial charge in [0.25, 0.3) is 0 Å². The maximum Gasteiger partial charge on any atom is 0.151 e. The lowest BCUT2D eigenvalue weighted by molar-refractivity contribution is 1.14. The van der Waals surface area contributed by atoms with Crippen LogP contribution in [0.25, 0.3) is 12.2 Å². The van der Waals surface area contributed by atoms with E-state index in [-0.39, 0.29) is 0 Å². The Morgan fingerprint density at radius 2 is 1.60 bits per heavy atom. The molecule has 2 N–H and O–H groups in total. The molecule has 0 saturated heterocycles. The Kier molecular flexibility index (Phi) is 2.74. The first-order valence-electron chi connectivity index (χ1n) is 4.65. The second kappa shape index (κ2) is 4.37. The van der Waals surface area contributed by atoms with Crippen LogP contribution in [0.2, 0.25) is 0 Å². The largest absolute Gasteiger partial charge is 0.399 e. The second-order valence-corrected chi connectivity index (χ2v) is 3.11. The molecule has 0 aliphatic rings. The summed E-state index contributed by atoms with van der Waals surface area (Å²) in [6, 6.07) is 9.43. The van der Waals surface area contributed by atoms with Gasteiger partial charge < -0.3 is 5.73 Å². The smallest absolute Gasteiger partial charge is 0.151 e. The first-order chi connectivity index (χ1) is 7.34. The molecule has 0 unspecified atom stereocenters. The molecule has 1 aromatic heterocycles. The average Bonchev–Trinajstić information content (AvgIpc) is 2.30. The molecule has 0 aliphatic carbocycles. The van der Waals surface area contributed by atoms with Gasteiger partial charge in [-0.1, -0.05) is 18.2 Å². The molecule has 0 spiro atoms. The number of anilines is 1. The van der Waals surface area contributed by atoms with Gasteiger partial charge in [-0.15, -0.1) is 0 Å². The summed E-state index contributed by atoms with van der Waals surface area (Å²) in [5.74, 6) is 0.703. The Morgan fingerprint density at radius 3 is 2.27 bits per heavy atom. The number of nitrogens with two attached hydrogens (primary N) is 1. The Bertz CT molecular complexity index is 446. The SMILES string of the molecule is Nc1ccc(/C=C/c2ncccn2)cc1. The van der Waals surface area contributed by atoms with Crippen molar-refractivity contribution in [2.45, 2.75) is 0 Å². The van der Waals surface area contributed by atoms with Crippen LogP contribution < -0.4 is 5.73 Å². The molecule has 0 aliphatic heterocycles. The van der Waals surface area contributed by atoms with Crippen molar-refractivity contribution in [2.75, 3.05) is 5.73 Å². The second-order valence-electron chi connectivity index (χ2n) is 3.11. The van der Waals surface area contributed by atoms with Crippen LogP contribution in [0, 0.1) is 0 Å². The van der Waals surface area contributed by atoms with Gasteiger partial charge in [-0.3, -0.25) is 0 Å². The van der Waals surface area contributed by atoms with E-state index in [1.807, 2.05) is 36.4 Å². The van der Waals surface area contributed by atoms with Gasteiger partial charge in [-0.2, -0.15) is 0 Å². The van der Waals surface area contributed by atoms with Crippen molar-refractivity contribution in [3.8, 4) is 0 Å². The van der Waals surface area contributed by atoms with Crippen molar-refractivity contribution < 1.29 is 0 Å². The maximum atomic E-state index is 5.59. The van der Waals surface area contributed by atoms with Crippen molar-refractivity contribution in [3.05, 3.63) is 54.1 Å². The molecule has 2 aromatic rings. The summed E-state index contributed by atoms with van der Waals surface area (Å²) >= 11 is 0. The molecule has 1 aromatic carbocycles. The Hall–Kier alpha value is -2.16. The normalized spacial score (nSPS) is 10.7. The minimum Gasteiger partial charge on any atom is -0.399 e. The number of benzene rings is 1. The summed E-state index contributed by atoms with van der Waals surface area (Å²) in [5, 5.41) is 0. The van der Waals surface area contributed by atoms with E-state index in [2.05, 4.69) is 9.97 Å². The van der Waals surface area contributed by atoms with E-state index < -0.39 is 0 Å². The van der Waals surface area contributed by atoms with Crippen molar-refractivity contribution >= 4 is 17.8 Å². The van der Waals surface area contributed by atoms with E-state index in [4.69, 9.17) is 5.73 Å². The predicted octanol–water partition coefficient (Wildman–Crippen LogP) is 2.23. The minimum atomic E-state index is 0.703. The van der Waals surface area contributed by atoms with Crippen molar-refractivity contribution in [3.63, 3.8) is 0 Å². The van der Waals surface area contributed by atoms with Crippen LogP contribution in [0.5, 0.6) is 0 Å². The number of hydrogen-bond acceptors (Lipinski definition) is 3. The van der Waals surface area contributed by atoms with Gasteiger partial charge in [0.05, 0.1) is 0 Å². The number of nitrogens with zero attached hydrogens (tertiary/aromatic N) is 2. The quantitative estimate of drug-likeness (QED) is 0.751. The zero-order chi connectivity index (χ0) is 10.5. The molecule has 0 atom stereocenters. The summed E-state index contributed by atoms with van der Waals surface area (Å²) < 4.78 is 0. The molecule has 3 nitrogen and oxygen atoms in total. The summed E-state index contributed by atoms with van der Waals surface area (Å²) in [6.07, 6.45) is 7.26. The van der Waals surface area contributed by atoms with Crippen LogP contribution >= 0.6 is 0 Å². The maximum absolute atomic E-state index is 5.59. The molecular weight excluding hydrogens is 186 g/mol. The third kappa shape index (κ3) is 2.64. The highest BCUT2D eigenvalue weighted by molar-refractivity contribution is 5.67. The molecule has 2 rings (SSSR count). The van der Waals surface area contributed by atoms with Crippen LogP contribution in [-0.2, 0) is 0 Å². The number of rotatable bonds is 2. The third-order valence-corrected chi connectivity index (χ3v) is 1.95. The number of hydrogen-bond donors (Lipinski definition) is 1. The first-order valence-corrected chi connectivity index (χ1v) is 4.65. The Balaban J connectivity index is 2.15. The van der Waals surface area contributed by atoms with E-state index in [1.54, 1.807) is 18.5 Å². The van der Waals surface area contributed by atoms with Gasteiger partial charge >= 0.3 is 0 Å². The van der Waals surface area contributed by atoms with Gasteiger partial charge in [-0.25, -0.2) is 9.97 Å². The minimum absolute atomic E-state index is 0.703. The van der Waals surface area contributed by atoms with Crippen molar-refractivity contribution in [1.29, 1.82) is 0 Å². The van der Waals surface area contributed by atoms with E-state index >= 15 is 0 Å². The summed E-state index contributed by atoms with van der Waals surface area (Å²) in [5.41, 5.74) is 7.43. The number of nitrogen functional groups attached to an aromatic ring is 1. The van der Waals surface area contributed by atoms with E-state index in [9.17, 15) is 0 Å². The highest BCUT2D eigenvalue weighted by Gasteiger charge is 1.88. The molecule has 0 radical (unpaired) electrons. The van der Waals surface area contributed by atoms with Crippen LogP contribution in [0.3, 0.4) is 0 Å². The lowest BCUT2D eigenvalue weighted by Gasteiger charge is -1.94. The van der Waals surface area contributed by atoms with Crippen LogP contribution in [0.4, 0.5) is 5.69 Å². The molecule has 3 heteroatoms. The standard InChI is InChI=1S/C12H11N3/c13-11-5-2-10(3-6-11)4-7-12-14-8-1-9-15-12/h1-9H,13H2/b7-4+. The van der Waals surface area contributed by atoms with Gasteiger partial charge in [0.2, 0.25) is 0 Å². The number of aromatic nitrogens is 2. The van der Waals surface area contributed by atoms with Crippen molar-refractivity contribution in [2.24, 2.45) is 0 Å². The summed E-state index contributed by atoms with van der Waals surface area (Å²) in [7, 11) is 0. The Morgan fingerprint density at radius 1 is 0.933 bits per heavy atom.